The molecule has 2 unspecified atom stereocenters. The van der Waals surface area contributed by atoms with E-state index < -0.39 is 12.1 Å². The minimum atomic E-state index is -4.67. The van der Waals surface area contributed by atoms with Gasteiger partial charge in [0.25, 0.3) is 0 Å². The number of aromatic nitrogens is 3. The van der Waals surface area contributed by atoms with E-state index in [1.54, 1.807) is 24.1 Å². The van der Waals surface area contributed by atoms with Gasteiger partial charge in [-0.1, -0.05) is 16.5 Å². The van der Waals surface area contributed by atoms with Crippen LogP contribution in [0.25, 0.3) is 10.7 Å². The molecule has 6 nitrogen and oxygen atoms in total. The molecule has 4 heterocycles. The van der Waals surface area contributed by atoms with Crippen LogP contribution in [0, 0.1) is 5.82 Å². The van der Waals surface area contributed by atoms with E-state index in [4.69, 9.17) is 0 Å². The van der Waals surface area contributed by atoms with Gasteiger partial charge in [0.05, 0.1) is 11.1 Å². The zero-order chi connectivity index (χ0) is 20.2. The lowest BCUT2D eigenvalue weighted by Crippen LogP contribution is -2.43. The Balaban J connectivity index is 1.26. The average molecular weight is 443 g/mol. The minimum absolute atomic E-state index is 0.112. The van der Waals surface area contributed by atoms with Gasteiger partial charge in [0.1, 0.15) is 5.82 Å². The summed E-state index contributed by atoms with van der Waals surface area (Å²) in [7, 11) is 0. The molecule has 152 valence electrons. The molecule has 2 aromatic heterocycles. The first kappa shape index (κ1) is 18.8. The quantitative estimate of drug-likeness (QED) is 0.440. The van der Waals surface area contributed by atoms with Crippen molar-refractivity contribution in [2.75, 3.05) is 18.0 Å². The fourth-order valence-electron chi connectivity index (χ4n) is 3.55. The standard InChI is InChI=1S/C17H13F4N5OS2/c18-9-1-3-12(4-2-9)29-26-8-10-5-11(26)7-25(10)16-22-6-13(28-16)14-23-15(27-24-14)17(19,20)21/h1-4,6,10-11H,5,7-8H2. The van der Waals surface area contributed by atoms with Gasteiger partial charge in [0, 0.05) is 30.1 Å². The second-order valence-electron chi connectivity index (χ2n) is 6.77. The lowest BCUT2D eigenvalue weighted by atomic mass is 10.2. The smallest absolute Gasteiger partial charge is 0.342 e. The normalized spacial score (nSPS) is 22.0. The van der Waals surface area contributed by atoms with E-state index in [2.05, 4.69) is 28.9 Å². The van der Waals surface area contributed by atoms with Crippen LogP contribution >= 0.6 is 23.3 Å². The summed E-state index contributed by atoms with van der Waals surface area (Å²) in [6.07, 6.45) is -2.22. The van der Waals surface area contributed by atoms with Crippen molar-refractivity contribution in [3.63, 3.8) is 0 Å². The molecule has 2 aliphatic heterocycles. The molecule has 0 aliphatic carbocycles. The SMILES string of the molecule is Fc1ccc(SN2CC3CC2CN3c2ncc(-c3noc(C(F)(F)F)n3)s2)cc1. The average Bonchev–Trinajstić information content (AvgIpc) is 3.45. The summed E-state index contributed by atoms with van der Waals surface area (Å²) in [4.78, 5) is 11.4. The highest BCUT2D eigenvalue weighted by atomic mass is 32.2. The lowest BCUT2D eigenvalue weighted by Gasteiger charge is -2.33. The molecule has 3 aromatic rings. The Kier molecular flexibility index (Phi) is 4.51. The van der Waals surface area contributed by atoms with Crippen LogP contribution in [0.15, 0.2) is 39.9 Å². The number of halogens is 4. The zero-order valence-corrected chi connectivity index (χ0v) is 16.3. The molecule has 0 saturated carbocycles. The highest BCUT2D eigenvalue weighted by Gasteiger charge is 2.45. The van der Waals surface area contributed by atoms with Crippen LogP contribution in [0.5, 0.6) is 0 Å². The number of hydrogen-bond donors (Lipinski definition) is 0. The second-order valence-corrected chi connectivity index (χ2v) is 8.90. The molecule has 2 atom stereocenters. The first-order valence-electron chi connectivity index (χ1n) is 8.71. The molecule has 0 spiro atoms. The number of anilines is 1. The van der Waals surface area contributed by atoms with Crippen LogP contribution in [0.4, 0.5) is 22.7 Å². The van der Waals surface area contributed by atoms with Crippen molar-refractivity contribution >= 4 is 28.4 Å². The first-order chi connectivity index (χ1) is 13.9. The molecule has 2 aliphatic rings. The third-order valence-electron chi connectivity index (χ3n) is 4.85. The van der Waals surface area contributed by atoms with E-state index in [9.17, 15) is 17.6 Å². The minimum Gasteiger partial charge on any atom is -0.342 e. The molecule has 2 saturated heterocycles. The Bertz CT molecular complexity index is 1020. The second kappa shape index (κ2) is 6.96. The van der Waals surface area contributed by atoms with E-state index in [-0.39, 0.29) is 17.7 Å². The Labute approximate surface area is 170 Å². The molecule has 0 amide bonds. The number of fused-ring (bicyclic) bond motifs is 2. The van der Waals surface area contributed by atoms with E-state index in [1.165, 1.54) is 29.7 Å². The Morgan fingerprint density at radius 1 is 1.14 bits per heavy atom. The van der Waals surface area contributed by atoms with Gasteiger partial charge in [-0.25, -0.2) is 13.7 Å². The van der Waals surface area contributed by atoms with Crippen LogP contribution in [-0.4, -0.2) is 44.6 Å². The van der Waals surface area contributed by atoms with Crippen LogP contribution in [0.3, 0.4) is 0 Å². The molecule has 2 bridgehead atoms. The zero-order valence-electron chi connectivity index (χ0n) is 14.6. The number of hydrogen-bond acceptors (Lipinski definition) is 8. The number of nitrogens with zero attached hydrogens (tertiary/aromatic N) is 5. The summed E-state index contributed by atoms with van der Waals surface area (Å²) < 4.78 is 57.6. The van der Waals surface area contributed by atoms with Gasteiger partial charge in [0.15, 0.2) is 5.13 Å². The molecular weight excluding hydrogens is 430 g/mol. The molecule has 12 heteroatoms. The highest BCUT2D eigenvalue weighted by molar-refractivity contribution is 7.97. The molecule has 5 rings (SSSR count). The van der Waals surface area contributed by atoms with Crippen LogP contribution < -0.4 is 4.90 Å². The predicted molar refractivity (Wildman–Crippen MR) is 98.9 cm³/mol. The molecule has 0 N–H and O–H groups in total. The maximum Gasteiger partial charge on any atom is 0.471 e. The topological polar surface area (TPSA) is 58.3 Å². The van der Waals surface area contributed by atoms with Gasteiger partial charge < -0.3 is 9.42 Å². The van der Waals surface area contributed by atoms with Crippen molar-refractivity contribution in [1.29, 1.82) is 0 Å². The first-order valence-corrected chi connectivity index (χ1v) is 10.3. The number of benzene rings is 1. The largest absolute Gasteiger partial charge is 0.471 e. The van der Waals surface area contributed by atoms with Crippen molar-refractivity contribution in [3.05, 3.63) is 42.2 Å². The lowest BCUT2D eigenvalue weighted by molar-refractivity contribution is -0.159. The fraction of sp³-hybridized carbons (Fsp3) is 0.353. The number of alkyl halides is 3. The van der Waals surface area contributed by atoms with Crippen LogP contribution in [0.1, 0.15) is 12.3 Å². The summed E-state index contributed by atoms with van der Waals surface area (Å²) in [5.41, 5.74) is 0. The van der Waals surface area contributed by atoms with Gasteiger partial charge in [-0.15, -0.1) is 0 Å². The van der Waals surface area contributed by atoms with E-state index in [1.807, 2.05) is 0 Å². The molecule has 1 aromatic carbocycles. The van der Waals surface area contributed by atoms with E-state index >= 15 is 0 Å². The van der Waals surface area contributed by atoms with Crippen molar-refractivity contribution in [1.82, 2.24) is 19.4 Å². The molecule has 2 fully saturated rings. The third-order valence-corrected chi connectivity index (χ3v) is 7.05. The Morgan fingerprint density at radius 2 is 1.93 bits per heavy atom. The predicted octanol–water partition coefficient (Wildman–Crippen LogP) is 4.32. The van der Waals surface area contributed by atoms with Gasteiger partial charge in [-0.3, -0.25) is 0 Å². The molecule has 29 heavy (non-hydrogen) atoms. The van der Waals surface area contributed by atoms with Gasteiger partial charge >= 0.3 is 12.1 Å². The Morgan fingerprint density at radius 3 is 2.59 bits per heavy atom. The highest BCUT2D eigenvalue weighted by Crippen LogP contribution is 2.42. The van der Waals surface area contributed by atoms with Crippen LogP contribution in [-0.2, 0) is 6.18 Å². The maximum absolute atomic E-state index is 13.1. The van der Waals surface area contributed by atoms with Crippen molar-refractivity contribution < 1.29 is 22.1 Å². The third kappa shape index (κ3) is 3.60. The molecule has 0 radical (unpaired) electrons. The van der Waals surface area contributed by atoms with Gasteiger partial charge in [0.2, 0.25) is 5.82 Å². The van der Waals surface area contributed by atoms with E-state index in [0.717, 1.165) is 29.5 Å². The summed E-state index contributed by atoms with van der Waals surface area (Å²) in [5, 5.41) is 4.15. The van der Waals surface area contributed by atoms with Gasteiger partial charge in [-0.2, -0.15) is 18.2 Å². The van der Waals surface area contributed by atoms with Crippen LogP contribution in [0.2, 0.25) is 0 Å². The van der Waals surface area contributed by atoms with Gasteiger partial charge in [-0.05, 0) is 42.6 Å². The fourth-order valence-corrected chi connectivity index (χ4v) is 5.55. The van der Waals surface area contributed by atoms with Crippen molar-refractivity contribution in [2.45, 2.75) is 29.6 Å². The maximum atomic E-state index is 13.1. The summed E-state index contributed by atoms with van der Waals surface area (Å²) >= 11 is 2.86. The van der Waals surface area contributed by atoms with Crippen molar-refractivity contribution in [2.24, 2.45) is 0 Å². The molecular formula is C17H13F4N5OS2. The van der Waals surface area contributed by atoms with Crippen molar-refractivity contribution in [3.8, 4) is 10.7 Å². The summed E-state index contributed by atoms with van der Waals surface area (Å²) in [6, 6.07) is 7.01. The number of thiazole rings is 1. The summed E-state index contributed by atoms with van der Waals surface area (Å²) in [6.45, 7) is 1.59. The summed E-state index contributed by atoms with van der Waals surface area (Å²) in [5.74, 6) is -1.73. The number of rotatable bonds is 4. The van der Waals surface area contributed by atoms with E-state index in [0.29, 0.717) is 10.9 Å². The monoisotopic (exact) mass is 443 g/mol. The number of piperazine rings is 1. The Hall–Kier alpha value is -2.18.